The Morgan fingerprint density at radius 2 is 1.55 bits per heavy atom. The third-order valence-corrected chi connectivity index (χ3v) is 5.86. The first-order chi connectivity index (χ1) is 15.8. The van der Waals surface area contributed by atoms with Crippen LogP contribution >= 0.6 is 0 Å². The Bertz CT molecular complexity index is 704. The third kappa shape index (κ3) is 9.75. The average molecular weight is 462 g/mol. The van der Waals surface area contributed by atoms with Crippen LogP contribution in [-0.2, 0) is 9.53 Å². The highest BCUT2D eigenvalue weighted by molar-refractivity contribution is 5.96. The van der Waals surface area contributed by atoms with E-state index in [-0.39, 0.29) is 11.9 Å². The molecule has 1 rings (SSSR count). The lowest BCUT2D eigenvalue weighted by atomic mass is 9.98. The second-order valence-corrected chi connectivity index (χ2v) is 9.17. The Balaban J connectivity index is 3.22. The maximum atomic E-state index is 13.4. The summed E-state index contributed by atoms with van der Waals surface area (Å²) in [7, 11) is 0. The van der Waals surface area contributed by atoms with Gasteiger partial charge in [-0.05, 0) is 56.7 Å². The molecular weight excluding hydrogens is 414 g/mol. The molecule has 1 unspecified atom stereocenters. The molecular formula is C27H47N3O3. The lowest BCUT2D eigenvalue weighted by Gasteiger charge is -2.32. The van der Waals surface area contributed by atoms with Crippen molar-refractivity contribution in [3.8, 4) is 0 Å². The van der Waals surface area contributed by atoms with Crippen molar-refractivity contribution in [1.82, 2.24) is 4.90 Å². The average Bonchev–Trinajstić information content (AvgIpc) is 2.81. The topological polar surface area (TPSA) is 53.1 Å². The lowest BCUT2D eigenvalue weighted by molar-refractivity contribution is -0.118. The minimum absolute atomic E-state index is 0.0215. The predicted molar refractivity (Wildman–Crippen MR) is 139 cm³/mol. The molecule has 0 radical (unpaired) electrons. The van der Waals surface area contributed by atoms with E-state index in [1.54, 1.807) is 4.90 Å². The number of nitrogens with zero attached hydrogens (tertiary/aromatic N) is 3. The van der Waals surface area contributed by atoms with Crippen LogP contribution in [0.3, 0.4) is 0 Å². The molecule has 33 heavy (non-hydrogen) atoms. The molecule has 0 N–H and O–H groups in total. The summed E-state index contributed by atoms with van der Waals surface area (Å²) in [5, 5.41) is 0. The van der Waals surface area contributed by atoms with Crippen molar-refractivity contribution in [2.75, 3.05) is 49.2 Å². The number of hydrogen-bond donors (Lipinski definition) is 0. The van der Waals surface area contributed by atoms with Crippen molar-refractivity contribution in [3.63, 3.8) is 0 Å². The van der Waals surface area contributed by atoms with Crippen molar-refractivity contribution >= 4 is 23.3 Å². The minimum atomic E-state index is 0.0215. The summed E-state index contributed by atoms with van der Waals surface area (Å²) >= 11 is 0. The molecule has 3 amide bonds. The fourth-order valence-electron chi connectivity index (χ4n) is 3.80. The number of carbonyl (C=O) groups excluding carboxylic acids is 2. The molecule has 0 heterocycles. The first-order valence-corrected chi connectivity index (χ1v) is 12.8. The molecule has 6 heteroatoms. The highest BCUT2D eigenvalue weighted by atomic mass is 16.5. The number of hydrogen-bond acceptors (Lipinski definition) is 3. The van der Waals surface area contributed by atoms with Crippen LogP contribution in [0.5, 0.6) is 0 Å². The Morgan fingerprint density at radius 3 is 2.09 bits per heavy atom. The maximum absolute atomic E-state index is 13.4. The number of amides is 3. The number of anilines is 2. The zero-order chi connectivity index (χ0) is 24.8. The van der Waals surface area contributed by atoms with Crippen LogP contribution in [0.25, 0.3) is 0 Å². The predicted octanol–water partition coefficient (Wildman–Crippen LogP) is 6.20. The fourth-order valence-corrected chi connectivity index (χ4v) is 3.80. The molecule has 1 aromatic carbocycles. The Kier molecular flexibility index (Phi) is 13.8. The molecule has 6 nitrogen and oxygen atoms in total. The van der Waals surface area contributed by atoms with Crippen molar-refractivity contribution in [2.45, 2.75) is 74.1 Å². The van der Waals surface area contributed by atoms with Crippen LogP contribution in [0.2, 0.25) is 0 Å². The molecule has 0 fully saturated rings. The standard InChI is InChI=1S/C27H47N3O3/c1-8-18-33-19-17-29(26(31)9-2)24-13-12-14-25(20-24)30(27(32)28(10-3)11-4)21-23(7)16-15-22(5)6/h12-14,20,22-23H,8-11,15-19,21H2,1-7H3. The molecule has 0 aromatic heterocycles. The van der Waals surface area contributed by atoms with E-state index in [2.05, 4.69) is 27.7 Å². The molecule has 188 valence electrons. The van der Waals surface area contributed by atoms with Crippen LogP contribution in [0.15, 0.2) is 24.3 Å². The molecule has 0 aliphatic carbocycles. The molecule has 0 saturated carbocycles. The van der Waals surface area contributed by atoms with Gasteiger partial charge in [0.2, 0.25) is 5.91 Å². The van der Waals surface area contributed by atoms with Crippen LogP contribution in [0.4, 0.5) is 16.2 Å². The van der Waals surface area contributed by atoms with E-state index in [1.807, 2.05) is 54.8 Å². The largest absolute Gasteiger partial charge is 0.380 e. The summed E-state index contributed by atoms with van der Waals surface area (Å²) in [4.78, 5) is 31.7. The summed E-state index contributed by atoms with van der Waals surface area (Å²) < 4.78 is 5.64. The maximum Gasteiger partial charge on any atom is 0.324 e. The van der Waals surface area contributed by atoms with Gasteiger partial charge in [0, 0.05) is 50.6 Å². The van der Waals surface area contributed by atoms with Crippen LogP contribution < -0.4 is 9.80 Å². The fraction of sp³-hybridized carbons (Fsp3) is 0.704. The van der Waals surface area contributed by atoms with Crippen LogP contribution in [0, 0.1) is 11.8 Å². The third-order valence-electron chi connectivity index (χ3n) is 5.86. The molecule has 0 aliphatic heterocycles. The summed E-state index contributed by atoms with van der Waals surface area (Å²) in [5.74, 6) is 1.08. The van der Waals surface area contributed by atoms with Gasteiger partial charge in [0.15, 0.2) is 0 Å². The van der Waals surface area contributed by atoms with Crippen molar-refractivity contribution in [1.29, 1.82) is 0 Å². The van der Waals surface area contributed by atoms with Crippen molar-refractivity contribution in [3.05, 3.63) is 24.3 Å². The smallest absolute Gasteiger partial charge is 0.324 e. The normalized spacial score (nSPS) is 12.0. The zero-order valence-corrected chi connectivity index (χ0v) is 22.1. The van der Waals surface area contributed by atoms with Gasteiger partial charge in [-0.3, -0.25) is 9.69 Å². The van der Waals surface area contributed by atoms with E-state index >= 15 is 0 Å². The van der Waals surface area contributed by atoms with E-state index in [0.717, 1.165) is 30.6 Å². The molecule has 0 aliphatic rings. The lowest BCUT2D eigenvalue weighted by Crippen LogP contribution is -2.45. The van der Waals surface area contributed by atoms with E-state index in [4.69, 9.17) is 4.74 Å². The van der Waals surface area contributed by atoms with E-state index in [1.165, 1.54) is 0 Å². The highest BCUT2D eigenvalue weighted by Crippen LogP contribution is 2.26. The van der Waals surface area contributed by atoms with Gasteiger partial charge in [0.25, 0.3) is 0 Å². The van der Waals surface area contributed by atoms with Crippen molar-refractivity contribution in [2.24, 2.45) is 11.8 Å². The molecule has 0 bridgehead atoms. The summed E-state index contributed by atoms with van der Waals surface area (Å²) in [6.45, 7) is 18.3. The Hall–Kier alpha value is -2.08. The van der Waals surface area contributed by atoms with Gasteiger partial charge < -0.3 is 14.5 Å². The van der Waals surface area contributed by atoms with Gasteiger partial charge in [-0.1, -0.05) is 47.1 Å². The van der Waals surface area contributed by atoms with Gasteiger partial charge in [0.1, 0.15) is 0 Å². The first kappa shape index (κ1) is 29.0. The number of ether oxygens (including phenoxy) is 1. The molecule has 1 atom stereocenters. The SMILES string of the molecule is CCCOCCN(C(=O)CC)c1cccc(N(CC(C)CCC(C)C)C(=O)N(CC)CC)c1. The minimum Gasteiger partial charge on any atom is -0.380 e. The van der Waals surface area contributed by atoms with Gasteiger partial charge in [0.05, 0.1) is 6.61 Å². The van der Waals surface area contributed by atoms with E-state index < -0.39 is 0 Å². The Morgan fingerprint density at radius 1 is 0.909 bits per heavy atom. The monoisotopic (exact) mass is 461 g/mol. The number of benzene rings is 1. The van der Waals surface area contributed by atoms with Gasteiger partial charge in [-0.25, -0.2) is 4.79 Å². The first-order valence-electron chi connectivity index (χ1n) is 12.8. The number of carbonyl (C=O) groups is 2. The summed E-state index contributed by atoms with van der Waals surface area (Å²) in [6.07, 6.45) is 3.60. The van der Waals surface area contributed by atoms with Gasteiger partial charge in [-0.15, -0.1) is 0 Å². The quantitative estimate of drug-likeness (QED) is 0.292. The van der Waals surface area contributed by atoms with Gasteiger partial charge in [-0.2, -0.15) is 0 Å². The van der Waals surface area contributed by atoms with E-state index in [9.17, 15) is 9.59 Å². The van der Waals surface area contributed by atoms with Crippen LogP contribution in [0.1, 0.15) is 74.1 Å². The summed E-state index contributed by atoms with van der Waals surface area (Å²) in [5.41, 5.74) is 1.65. The molecule has 1 aromatic rings. The zero-order valence-electron chi connectivity index (χ0n) is 22.1. The second kappa shape index (κ2) is 15.7. The van der Waals surface area contributed by atoms with E-state index in [0.29, 0.717) is 57.6 Å². The molecule has 0 spiro atoms. The number of rotatable bonds is 15. The second-order valence-electron chi connectivity index (χ2n) is 9.17. The summed E-state index contributed by atoms with van der Waals surface area (Å²) in [6, 6.07) is 7.85. The van der Waals surface area contributed by atoms with Crippen molar-refractivity contribution < 1.29 is 14.3 Å². The molecule has 0 saturated heterocycles. The highest BCUT2D eigenvalue weighted by Gasteiger charge is 2.24. The Labute approximate surface area is 202 Å². The van der Waals surface area contributed by atoms with Gasteiger partial charge >= 0.3 is 6.03 Å². The number of urea groups is 1. The van der Waals surface area contributed by atoms with Crippen LogP contribution in [-0.4, -0.2) is 56.2 Å².